The number of ether oxygens (including phenoxy) is 1. The zero-order valence-electron chi connectivity index (χ0n) is 25.4. The number of ketones is 1. The summed E-state index contributed by atoms with van der Waals surface area (Å²) in [6.45, 7) is 10.5. The van der Waals surface area contributed by atoms with Crippen LogP contribution in [0.15, 0.2) is 30.4 Å². The Morgan fingerprint density at radius 1 is 0.976 bits per heavy atom. The molecule has 4 fully saturated rings. The van der Waals surface area contributed by atoms with E-state index in [0.29, 0.717) is 12.0 Å². The van der Waals surface area contributed by atoms with Crippen molar-refractivity contribution in [2.75, 3.05) is 39.3 Å². The number of carbonyl (C=O) groups excluding carboxylic acids is 3. The van der Waals surface area contributed by atoms with Gasteiger partial charge in [-0.05, 0) is 76.0 Å². The minimum absolute atomic E-state index is 0.0585. The average Bonchev–Trinajstić information content (AvgIpc) is 2.96. The van der Waals surface area contributed by atoms with Gasteiger partial charge in [0.25, 0.3) is 5.91 Å². The lowest BCUT2D eigenvalue weighted by molar-refractivity contribution is -0.124. The summed E-state index contributed by atoms with van der Waals surface area (Å²) in [6, 6.07) is 6.51. The molecule has 0 aromatic heterocycles. The van der Waals surface area contributed by atoms with Crippen molar-refractivity contribution in [1.29, 1.82) is 0 Å². The Morgan fingerprint density at radius 3 is 2.27 bits per heavy atom. The first kappa shape index (κ1) is 29.8. The van der Waals surface area contributed by atoms with Gasteiger partial charge in [-0.25, -0.2) is 4.79 Å². The molecule has 1 atom stereocenters. The van der Waals surface area contributed by atoms with Gasteiger partial charge in [-0.15, -0.1) is 0 Å². The van der Waals surface area contributed by atoms with Crippen LogP contribution in [0.25, 0.3) is 0 Å². The van der Waals surface area contributed by atoms with E-state index in [1.54, 1.807) is 13.0 Å². The van der Waals surface area contributed by atoms with Gasteiger partial charge in [0.15, 0.2) is 5.78 Å². The van der Waals surface area contributed by atoms with E-state index in [0.717, 1.165) is 88.1 Å². The number of hydrogen-bond acceptors (Lipinski definition) is 5. The zero-order chi connectivity index (χ0) is 29.0. The Morgan fingerprint density at radius 2 is 1.63 bits per heavy atom. The fraction of sp³-hybridized carbons (Fsp3) is 0.676. The van der Waals surface area contributed by atoms with Gasteiger partial charge in [-0.3, -0.25) is 14.5 Å². The van der Waals surface area contributed by atoms with Gasteiger partial charge in [0.1, 0.15) is 5.60 Å². The molecule has 2 amide bonds. The summed E-state index contributed by atoms with van der Waals surface area (Å²) in [5, 5.41) is 0. The molecule has 1 unspecified atom stereocenters. The third kappa shape index (κ3) is 6.87. The van der Waals surface area contributed by atoms with Gasteiger partial charge < -0.3 is 14.5 Å². The Balaban J connectivity index is 1.19. The maximum atomic E-state index is 13.3. The Hall–Kier alpha value is -2.67. The van der Waals surface area contributed by atoms with Crippen molar-refractivity contribution in [2.45, 2.75) is 96.6 Å². The summed E-state index contributed by atoms with van der Waals surface area (Å²) in [4.78, 5) is 44.8. The number of carbonyl (C=O) groups is 3. The highest BCUT2D eigenvalue weighted by Crippen LogP contribution is 2.42. The first-order valence-corrected chi connectivity index (χ1v) is 16.0. The molecule has 3 heterocycles. The molecule has 7 heteroatoms. The summed E-state index contributed by atoms with van der Waals surface area (Å²) in [5.74, 6) is 0.986. The van der Waals surface area contributed by atoms with Crippen molar-refractivity contribution in [3.8, 4) is 0 Å². The van der Waals surface area contributed by atoms with Crippen molar-refractivity contribution in [1.82, 2.24) is 14.7 Å². The first-order chi connectivity index (χ1) is 19.8. The number of allylic oxidation sites excluding steroid dienone is 2. The second kappa shape index (κ2) is 13.1. The number of rotatable bonds is 7. The van der Waals surface area contributed by atoms with Gasteiger partial charge in [-0.1, -0.05) is 43.5 Å². The summed E-state index contributed by atoms with van der Waals surface area (Å²) in [7, 11) is 0. The first-order valence-electron chi connectivity index (χ1n) is 16.0. The van der Waals surface area contributed by atoms with Crippen LogP contribution in [0, 0.1) is 25.7 Å². The van der Waals surface area contributed by atoms with Gasteiger partial charge in [0, 0.05) is 69.6 Å². The van der Waals surface area contributed by atoms with Crippen LogP contribution in [0.3, 0.4) is 0 Å². The number of aryl methyl sites for hydroxylation is 2. The predicted molar refractivity (Wildman–Crippen MR) is 161 cm³/mol. The molecule has 7 nitrogen and oxygen atoms in total. The molecule has 0 radical (unpaired) electrons. The molecule has 224 valence electrons. The monoisotopic (exact) mass is 563 g/mol. The Labute approximate surface area is 246 Å². The average molecular weight is 564 g/mol. The van der Waals surface area contributed by atoms with Crippen LogP contribution in [0.1, 0.15) is 92.6 Å². The molecule has 1 saturated carbocycles. The van der Waals surface area contributed by atoms with E-state index in [1.807, 2.05) is 47.9 Å². The fourth-order valence-corrected chi connectivity index (χ4v) is 7.87. The molecule has 0 bridgehead atoms. The van der Waals surface area contributed by atoms with E-state index < -0.39 is 5.60 Å². The molecule has 1 spiro atoms. The van der Waals surface area contributed by atoms with Crippen LogP contribution in [-0.4, -0.2) is 83.4 Å². The summed E-state index contributed by atoms with van der Waals surface area (Å²) >= 11 is 0. The molecule has 3 saturated heterocycles. The number of piperidine rings is 2. The molecule has 41 heavy (non-hydrogen) atoms. The normalized spacial score (nSPS) is 24.7. The number of hydrogen-bond donors (Lipinski definition) is 0. The minimum atomic E-state index is -0.461. The summed E-state index contributed by atoms with van der Waals surface area (Å²) < 4.78 is 6.38. The Bertz CT molecular complexity index is 1100. The minimum Gasteiger partial charge on any atom is -0.442 e. The SMILES string of the molecule is CC(=O)/C=C/CC1CN(CC2CCCCC2)C(=O)OC12CCN(C1CCN(C(=O)c3c(C)cccc3C)CC1)CC2. The van der Waals surface area contributed by atoms with E-state index in [2.05, 4.69) is 4.90 Å². The second-order valence-corrected chi connectivity index (χ2v) is 13.1. The lowest BCUT2D eigenvalue weighted by atomic mass is 9.75. The largest absolute Gasteiger partial charge is 0.442 e. The maximum absolute atomic E-state index is 13.3. The quantitative estimate of drug-likeness (QED) is 0.385. The van der Waals surface area contributed by atoms with E-state index in [9.17, 15) is 14.4 Å². The van der Waals surface area contributed by atoms with Crippen LogP contribution in [0.2, 0.25) is 0 Å². The molecule has 4 aliphatic rings. The van der Waals surface area contributed by atoms with Gasteiger partial charge >= 0.3 is 6.09 Å². The number of benzene rings is 1. The van der Waals surface area contributed by atoms with E-state index >= 15 is 0 Å². The van der Waals surface area contributed by atoms with Crippen molar-refractivity contribution in [3.05, 3.63) is 47.0 Å². The highest BCUT2D eigenvalue weighted by molar-refractivity contribution is 5.97. The topological polar surface area (TPSA) is 70.2 Å². The van der Waals surface area contributed by atoms with Gasteiger partial charge in [-0.2, -0.15) is 0 Å². The molecule has 1 aromatic rings. The molecular weight excluding hydrogens is 514 g/mol. The van der Waals surface area contributed by atoms with Crippen LogP contribution in [-0.2, 0) is 9.53 Å². The molecule has 3 aliphatic heterocycles. The molecular formula is C34H49N3O4. The highest BCUT2D eigenvalue weighted by atomic mass is 16.6. The summed E-state index contributed by atoms with van der Waals surface area (Å²) in [6.07, 6.45) is 14.1. The molecule has 0 N–H and O–H groups in total. The van der Waals surface area contributed by atoms with E-state index in [4.69, 9.17) is 4.74 Å². The lowest BCUT2D eigenvalue weighted by Gasteiger charge is -2.52. The Kier molecular flexibility index (Phi) is 9.52. The van der Waals surface area contributed by atoms with Gasteiger partial charge in [0.05, 0.1) is 0 Å². The lowest BCUT2D eigenvalue weighted by Crippen LogP contribution is -2.61. The van der Waals surface area contributed by atoms with Crippen molar-refractivity contribution in [2.24, 2.45) is 11.8 Å². The summed E-state index contributed by atoms with van der Waals surface area (Å²) in [5.41, 5.74) is 2.49. The van der Waals surface area contributed by atoms with Crippen LogP contribution in [0.4, 0.5) is 4.79 Å². The molecule has 1 aliphatic carbocycles. The maximum Gasteiger partial charge on any atom is 0.410 e. The van der Waals surface area contributed by atoms with Crippen molar-refractivity contribution < 1.29 is 19.1 Å². The highest BCUT2D eigenvalue weighted by Gasteiger charge is 2.50. The smallest absolute Gasteiger partial charge is 0.410 e. The fourth-order valence-electron chi connectivity index (χ4n) is 7.87. The standard InChI is InChI=1S/C34H49N3O4/c1-25-9-7-10-26(2)31(25)32(39)36-19-15-30(16-20-36)35-21-17-34(18-22-35)29(14-8-11-27(3)38)24-37(33(40)41-34)23-28-12-5-4-6-13-28/h7-11,28-30H,4-6,12-24H2,1-3H3/b11-8+. The third-order valence-corrected chi connectivity index (χ3v) is 10.3. The third-order valence-electron chi connectivity index (χ3n) is 10.3. The van der Waals surface area contributed by atoms with Crippen molar-refractivity contribution in [3.63, 3.8) is 0 Å². The predicted octanol–water partition coefficient (Wildman–Crippen LogP) is 5.93. The van der Waals surface area contributed by atoms with Gasteiger partial charge in [0.2, 0.25) is 0 Å². The zero-order valence-corrected chi connectivity index (χ0v) is 25.4. The van der Waals surface area contributed by atoms with E-state index in [1.165, 1.54) is 32.1 Å². The molecule has 1 aromatic carbocycles. The van der Waals surface area contributed by atoms with Crippen LogP contribution >= 0.6 is 0 Å². The number of likely N-dealkylation sites (tertiary alicyclic amines) is 2. The van der Waals surface area contributed by atoms with Crippen molar-refractivity contribution >= 4 is 17.8 Å². The van der Waals surface area contributed by atoms with Crippen LogP contribution < -0.4 is 0 Å². The second-order valence-electron chi connectivity index (χ2n) is 13.1. The molecule has 5 rings (SSSR count). The van der Waals surface area contributed by atoms with E-state index in [-0.39, 0.29) is 23.7 Å². The van der Waals surface area contributed by atoms with Crippen LogP contribution in [0.5, 0.6) is 0 Å². The number of nitrogens with zero attached hydrogens (tertiary/aromatic N) is 3. The number of amides is 2.